The van der Waals surface area contributed by atoms with Crippen molar-refractivity contribution in [1.29, 1.82) is 0 Å². The Balaban J connectivity index is 2.58. The summed E-state index contributed by atoms with van der Waals surface area (Å²) in [6.07, 6.45) is 0. The molecule has 1 aromatic heterocycles. The molecular formula is C13H15BrN2. The van der Waals surface area contributed by atoms with E-state index in [0.717, 1.165) is 10.0 Å². The number of hydrogen-bond acceptors (Lipinski definition) is 1. The Morgan fingerprint density at radius 3 is 2.56 bits per heavy atom. The van der Waals surface area contributed by atoms with Crippen molar-refractivity contribution >= 4 is 15.9 Å². The first-order valence-corrected chi connectivity index (χ1v) is 6.06. The molecule has 0 radical (unpaired) electrons. The number of aryl methyl sites for hydroxylation is 1. The number of aromatic nitrogens is 1. The largest absolute Gasteiger partial charge is 0.326 e. The lowest BCUT2D eigenvalue weighted by molar-refractivity contribution is 0.953. The summed E-state index contributed by atoms with van der Waals surface area (Å²) in [6, 6.07) is 10.5. The Morgan fingerprint density at radius 1 is 1.25 bits per heavy atom. The molecule has 1 heterocycles. The summed E-state index contributed by atoms with van der Waals surface area (Å²) >= 11 is 3.55. The molecule has 0 spiro atoms. The highest BCUT2D eigenvalue weighted by atomic mass is 79.9. The minimum absolute atomic E-state index is 0.578. The smallest absolute Gasteiger partial charge is 0.0458 e. The lowest BCUT2D eigenvalue weighted by atomic mass is 10.2. The van der Waals surface area contributed by atoms with E-state index in [1.807, 2.05) is 12.1 Å². The highest BCUT2D eigenvalue weighted by molar-refractivity contribution is 9.10. The molecule has 2 rings (SSSR count). The average Bonchev–Trinajstić information content (AvgIpc) is 2.53. The molecule has 0 saturated carbocycles. The predicted octanol–water partition coefficient (Wildman–Crippen LogP) is 3.32. The van der Waals surface area contributed by atoms with Gasteiger partial charge in [0.1, 0.15) is 0 Å². The highest BCUT2D eigenvalue weighted by Gasteiger charge is 2.08. The number of benzene rings is 1. The van der Waals surface area contributed by atoms with Gasteiger partial charge in [-0.15, -0.1) is 0 Å². The third-order valence-corrected chi connectivity index (χ3v) is 3.58. The Kier molecular flexibility index (Phi) is 3.17. The standard InChI is InChI=1S/C13H15BrN2/c1-9-6-13(14)10(2)16(9)12-5-3-4-11(7-12)8-15/h3-7H,8,15H2,1-2H3. The van der Waals surface area contributed by atoms with E-state index in [0.29, 0.717) is 6.54 Å². The fourth-order valence-corrected chi connectivity index (χ4v) is 2.45. The third kappa shape index (κ3) is 1.93. The molecule has 0 aliphatic rings. The topological polar surface area (TPSA) is 30.9 Å². The van der Waals surface area contributed by atoms with Gasteiger partial charge in [0.15, 0.2) is 0 Å². The van der Waals surface area contributed by atoms with E-state index < -0.39 is 0 Å². The number of nitrogens with zero attached hydrogens (tertiary/aromatic N) is 1. The van der Waals surface area contributed by atoms with Gasteiger partial charge < -0.3 is 10.3 Å². The number of hydrogen-bond donors (Lipinski definition) is 1. The zero-order valence-electron chi connectivity index (χ0n) is 9.50. The molecule has 84 valence electrons. The van der Waals surface area contributed by atoms with Gasteiger partial charge in [0.05, 0.1) is 0 Å². The average molecular weight is 279 g/mol. The van der Waals surface area contributed by atoms with Crippen molar-refractivity contribution in [2.75, 3.05) is 0 Å². The number of halogens is 1. The van der Waals surface area contributed by atoms with Crippen LogP contribution in [0.1, 0.15) is 17.0 Å². The molecule has 2 N–H and O–H groups in total. The van der Waals surface area contributed by atoms with Crippen LogP contribution in [0.4, 0.5) is 0 Å². The van der Waals surface area contributed by atoms with E-state index >= 15 is 0 Å². The first-order chi connectivity index (χ1) is 7.63. The monoisotopic (exact) mass is 278 g/mol. The van der Waals surface area contributed by atoms with E-state index in [1.54, 1.807) is 0 Å². The van der Waals surface area contributed by atoms with Crippen LogP contribution in [-0.4, -0.2) is 4.57 Å². The molecule has 0 fully saturated rings. The fraction of sp³-hybridized carbons (Fsp3) is 0.231. The second-order valence-corrected chi connectivity index (χ2v) is 4.78. The maximum atomic E-state index is 5.66. The first kappa shape index (κ1) is 11.4. The van der Waals surface area contributed by atoms with Gasteiger partial charge in [-0.2, -0.15) is 0 Å². The summed E-state index contributed by atoms with van der Waals surface area (Å²) in [5.74, 6) is 0. The Labute approximate surface area is 104 Å². The summed E-state index contributed by atoms with van der Waals surface area (Å²) in [5, 5.41) is 0. The van der Waals surface area contributed by atoms with Crippen molar-refractivity contribution < 1.29 is 0 Å². The lowest BCUT2D eigenvalue weighted by Crippen LogP contribution is -2.01. The highest BCUT2D eigenvalue weighted by Crippen LogP contribution is 2.25. The van der Waals surface area contributed by atoms with Crippen LogP contribution in [0.5, 0.6) is 0 Å². The second kappa shape index (κ2) is 4.44. The Bertz CT molecular complexity index is 515. The van der Waals surface area contributed by atoms with Crippen LogP contribution in [-0.2, 0) is 6.54 Å². The maximum Gasteiger partial charge on any atom is 0.0458 e. The van der Waals surface area contributed by atoms with Gasteiger partial charge >= 0.3 is 0 Å². The van der Waals surface area contributed by atoms with Crippen LogP contribution < -0.4 is 5.73 Å². The van der Waals surface area contributed by atoms with Crippen molar-refractivity contribution in [2.24, 2.45) is 5.73 Å². The molecule has 0 saturated heterocycles. The van der Waals surface area contributed by atoms with Crippen LogP contribution in [0, 0.1) is 13.8 Å². The lowest BCUT2D eigenvalue weighted by Gasteiger charge is -2.10. The summed E-state index contributed by atoms with van der Waals surface area (Å²) in [4.78, 5) is 0. The summed E-state index contributed by atoms with van der Waals surface area (Å²) in [6.45, 7) is 4.79. The molecule has 0 bridgehead atoms. The third-order valence-electron chi connectivity index (χ3n) is 2.77. The summed E-state index contributed by atoms with van der Waals surface area (Å²) in [5.41, 5.74) is 10.4. The van der Waals surface area contributed by atoms with Crippen LogP contribution in [0.2, 0.25) is 0 Å². The van der Waals surface area contributed by atoms with Crippen LogP contribution in [0.15, 0.2) is 34.8 Å². The van der Waals surface area contributed by atoms with Crippen molar-refractivity contribution in [1.82, 2.24) is 4.57 Å². The van der Waals surface area contributed by atoms with Crippen molar-refractivity contribution in [3.63, 3.8) is 0 Å². The normalized spacial score (nSPS) is 10.8. The molecule has 2 nitrogen and oxygen atoms in total. The van der Waals surface area contributed by atoms with E-state index in [9.17, 15) is 0 Å². The molecule has 3 heteroatoms. The predicted molar refractivity (Wildman–Crippen MR) is 70.8 cm³/mol. The van der Waals surface area contributed by atoms with Crippen molar-refractivity contribution in [2.45, 2.75) is 20.4 Å². The van der Waals surface area contributed by atoms with Crippen LogP contribution in [0.3, 0.4) is 0 Å². The fourth-order valence-electron chi connectivity index (χ4n) is 1.94. The molecule has 0 amide bonds. The van der Waals surface area contributed by atoms with E-state index in [2.05, 4.69) is 52.5 Å². The van der Waals surface area contributed by atoms with Gasteiger partial charge in [0, 0.05) is 28.1 Å². The second-order valence-electron chi connectivity index (χ2n) is 3.93. The number of rotatable bonds is 2. The Morgan fingerprint density at radius 2 is 2.00 bits per heavy atom. The van der Waals surface area contributed by atoms with Crippen LogP contribution in [0.25, 0.3) is 5.69 Å². The molecule has 1 aromatic carbocycles. The van der Waals surface area contributed by atoms with Crippen molar-refractivity contribution in [3.05, 3.63) is 51.8 Å². The molecule has 0 unspecified atom stereocenters. The Hall–Kier alpha value is -1.06. The van der Waals surface area contributed by atoms with Crippen molar-refractivity contribution in [3.8, 4) is 5.69 Å². The molecule has 0 aliphatic heterocycles. The van der Waals surface area contributed by atoms with E-state index in [1.165, 1.54) is 17.1 Å². The van der Waals surface area contributed by atoms with Crippen LogP contribution >= 0.6 is 15.9 Å². The van der Waals surface area contributed by atoms with Gasteiger partial charge in [-0.1, -0.05) is 12.1 Å². The molecule has 2 aromatic rings. The molecule has 0 aliphatic carbocycles. The van der Waals surface area contributed by atoms with Gasteiger partial charge in [-0.05, 0) is 53.5 Å². The first-order valence-electron chi connectivity index (χ1n) is 5.27. The van der Waals surface area contributed by atoms with Gasteiger partial charge in [0.2, 0.25) is 0 Å². The minimum atomic E-state index is 0.578. The zero-order valence-corrected chi connectivity index (χ0v) is 11.1. The van der Waals surface area contributed by atoms with Gasteiger partial charge in [-0.3, -0.25) is 0 Å². The SMILES string of the molecule is Cc1cc(Br)c(C)n1-c1cccc(CN)c1. The summed E-state index contributed by atoms with van der Waals surface area (Å²) < 4.78 is 3.37. The zero-order chi connectivity index (χ0) is 11.7. The number of nitrogens with two attached hydrogens (primary N) is 1. The quantitative estimate of drug-likeness (QED) is 0.898. The maximum absolute atomic E-state index is 5.66. The molecule has 0 atom stereocenters. The van der Waals surface area contributed by atoms with E-state index in [-0.39, 0.29) is 0 Å². The molecular weight excluding hydrogens is 264 g/mol. The molecule has 16 heavy (non-hydrogen) atoms. The van der Waals surface area contributed by atoms with Gasteiger partial charge in [-0.25, -0.2) is 0 Å². The van der Waals surface area contributed by atoms with Gasteiger partial charge in [0.25, 0.3) is 0 Å². The minimum Gasteiger partial charge on any atom is -0.326 e. The van der Waals surface area contributed by atoms with E-state index in [4.69, 9.17) is 5.73 Å². The summed E-state index contributed by atoms with van der Waals surface area (Å²) in [7, 11) is 0.